The molecule has 1 saturated carbocycles. The van der Waals surface area contributed by atoms with Gasteiger partial charge in [-0.05, 0) is 43.9 Å². The molecule has 3 nitrogen and oxygen atoms in total. The summed E-state index contributed by atoms with van der Waals surface area (Å²) in [7, 11) is 0. The van der Waals surface area contributed by atoms with Crippen LogP contribution in [0.3, 0.4) is 0 Å². The standard InChI is InChI=1S/C13H15ClFNO2/c1-13(7-17,9-3-4-9)16-12(18)8-2-5-10(14)11(15)6-8/h2,5-6,9,17H,3-4,7H2,1H3,(H,16,18). The minimum atomic E-state index is -0.632. The third kappa shape index (κ3) is 2.65. The van der Waals surface area contributed by atoms with Crippen LogP contribution < -0.4 is 5.32 Å². The summed E-state index contributed by atoms with van der Waals surface area (Å²) in [5.74, 6) is -0.723. The van der Waals surface area contributed by atoms with Gasteiger partial charge in [0.2, 0.25) is 0 Å². The van der Waals surface area contributed by atoms with Crippen molar-refractivity contribution in [2.45, 2.75) is 25.3 Å². The molecule has 1 atom stereocenters. The Labute approximate surface area is 110 Å². The highest BCUT2D eigenvalue weighted by Crippen LogP contribution is 2.39. The number of aliphatic hydroxyl groups excluding tert-OH is 1. The fourth-order valence-corrected chi connectivity index (χ4v) is 2.08. The van der Waals surface area contributed by atoms with Crippen LogP contribution in [-0.2, 0) is 0 Å². The Kier molecular flexibility index (Phi) is 3.59. The SMILES string of the molecule is CC(CO)(NC(=O)c1ccc(Cl)c(F)c1)C1CC1. The van der Waals surface area contributed by atoms with Crippen molar-refractivity contribution in [1.82, 2.24) is 5.32 Å². The van der Waals surface area contributed by atoms with Gasteiger partial charge in [-0.25, -0.2) is 4.39 Å². The second-order valence-corrected chi connectivity index (χ2v) is 5.34. The minimum absolute atomic E-state index is 0.0151. The van der Waals surface area contributed by atoms with Gasteiger partial charge in [0.1, 0.15) is 5.82 Å². The molecule has 1 aromatic carbocycles. The Morgan fingerprint density at radius 1 is 1.61 bits per heavy atom. The van der Waals surface area contributed by atoms with Gasteiger partial charge in [0.05, 0.1) is 17.2 Å². The molecule has 0 heterocycles. The molecule has 0 aliphatic heterocycles. The number of carbonyl (C=O) groups is 1. The van der Waals surface area contributed by atoms with Crippen LogP contribution in [0.2, 0.25) is 5.02 Å². The summed E-state index contributed by atoms with van der Waals surface area (Å²) in [6, 6.07) is 3.91. The highest BCUT2D eigenvalue weighted by Gasteiger charge is 2.42. The van der Waals surface area contributed by atoms with E-state index in [0.29, 0.717) is 5.92 Å². The van der Waals surface area contributed by atoms with Gasteiger partial charge < -0.3 is 10.4 Å². The van der Waals surface area contributed by atoms with E-state index in [-0.39, 0.29) is 17.2 Å². The lowest BCUT2D eigenvalue weighted by molar-refractivity contribution is 0.0824. The molecule has 5 heteroatoms. The maximum absolute atomic E-state index is 13.3. The van der Waals surface area contributed by atoms with E-state index in [4.69, 9.17) is 11.6 Å². The van der Waals surface area contributed by atoms with Crippen LogP contribution in [0.5, 0.6) is 0 Å². The molecule has 0 saturated heterocycles. The van der Waals surface area contributed by atoms with E-state index in [2.05, 4.69) is 5.32 Å². The topological polar surface area (TPSA) is 49.3 Å². The maximum atomic E-state index is 13.3. The number of aliphatic hydroxyl groups is 1. The first-order valence-electron chi connectivity index (χ1n) is 5.85. The maximum Gasteiger partial charge on any atom is 0.251 e. The molecule has 1 amide bonds. The van der Waals surface area contributed by atoms with E-state index >= 15 is 0 Å². The van der Waals surface area contributed by atoms with Gasteiger partial charge >= 0.3 is 0 Å². The second kappa shape index (κ2) is 4.86. The third-order valence-corrected chi connectivity index (χ3v) is 3.69. The molecule has 2 N–H and O–H groups in total. The summed E-state index contributed by atoms with van der Waals surface area (Å²) in [6.07, 6.45) is 1.98. The van der Waals surface area contributed by atoms with Crippen molar-refractivity contribution in [1.29, 1.82) is 0 Å². The summed E-state index contributed by atoms with van der Waals surface area (Å²) in [5.41, 5.74) is -0.426. The highest BCUT2D eigenvalue weighted by molar-refractivity contribution is 6.30. The van der Waals surface area contributed by atoms with E-state index in [0.717, 1.165) is 18.9 Å². The Morgan fingerprint density at radius 3 is 2.78 bits per heavy atom. The molecule has 0 bridgehead atoms. The molecular weight excluding hydrogens is 257 g/mol. The zero-order chi connectivity index (χ0) is 13.3. The number of rotatable bonds is 4. The van der Waals surface area contributed by atoms with E-state index in [9.17, 15) is 14.3 Å². The van der Waals surface area contributed by atoms with Gasteiger partial charge in [-0.2, -0.15) is 0 Å². The Hall–Kier alpha value is -1.13. The molecule has 0 radical (unpaired) electrons. The van der Waals surface area contributed by atoms with Crippen LogP contribution in [-0.4, -0.2) is 23.2 Å². The average molecular weight is 272 g/mol. The van der Waals surface area contributed by atoms with Crippen LogP contribution in [0.25, 0.3) is 0 Å². The lowest BCUT2D eigenvalue weighted by Gasteiger charge is -2.28. The van der Waals surface area contributed by atoms with Crippen LogP contribution in [0.1, 0.15) is 30.1 Å². The third-order valence-electron chi connectivity index (χ3n) is 3.39. The van der Waals surface area contributed by atoms with Crippen LogP contribution in [0.4, 0.5) is 4.39 Å². The summed E-state index contributed by atoms with van der Waals surface area (Å²) in [5, 5.41) is 12.1. The van der Waals surface area contributed by atoms with Crippen molar-refractivity contribution < 1.29 is 14.3 Å². The molecule has 1 aromatic rings. The monoisotopic (exact) mass is 271 g/mol. The Morgan fingerprint density at radius 2 is 2.28 bits per heavy atom. The van der Waals surface area contributed by atoms with E-state index < -0.39 is 17.3 Å². The predicted molar refractivity (Wildman–Crippen MR) is 67.1 cm³/mol. The molecule has 1 aliphatic carbocycles. The minimum Gasteiger partial charge on any atom is -0.394 e. The first kappa shape index (κ1) is 13.3. The lowest BCUT2D eigenvalue weighted by Crippen LogP contribution is -2.50. The van der Waals surface area contributed by atoms with Gasteiger partial charge in [-0.15, -0.1) is 0 Å². The Balaban J connectivity index is 2.13. The van der Waals surface area contributed by atoms with Crippen LogP contribution in [0, 0.1) is 11.7 Å². The van der Waals surface area contributed by atoms with E-state index in [1.165, 1.54) is 12.1 Å². The molecule has 18 heavy (non-hydrogen) atoms. The van der Waals surface area contributed by atoms with Gasteiger partial charge in [-0.3, -0.25) is 4.79 Å². The number of carbonyl (C=O) groups excluding carboxylic acids is 1. The largest absolute Gasteiger partial charge is 0.394 e. The van der Waals surface area contributed by atoms with Crippen molar-refractivity contribution in [3.63, 3.8) is 0 Å². The lowest BCUT2D eigenvalue weighted by atomic mass is 9.96. The first-order chi connectivity index (χ1) is 8.46. The number of benzene rings is 1. The predicted octanol–water partition coefficient (Wildman–Crippen LogP) is 2.37. The second-order valence-electron chi connectivity index (χ2n) is 4.93. The van der Waals surface area contributed by atoms with Gasteiger partial charge in [0.15, 0.2) is 0 Å². The summed E-state index contributed by atoms with van der Waals surface area (Å²) >= 11 is 5.56. The van der Waals surface area contributed by atoms with Crippen molar-refractivity contribution in [3.8, 4) is 0 Å². The van der Waals surface area contributed by atoms with Crippen LogP contribution >= 0.6 is 11.6 Å². The van der Waals surface area contributed by atoms with E-state index in [1.807, 2.05) is 0 Å². The van der Waals surface area contributed by atoms with Crippen molar-refractivity contribution >= 4 is 17.5 Å². The fraction of sp³-hybridized carbons (Fsp3) is 0.462. The highest BCUT2D eigenvalue weighted by atomic mass is 35.5. The summed E-state index contributed by atoms with van der Waals surface area (Å²) in [4.78, 5) is 12.0. The Bertz CT molecular complexity index is 476. The average Bonchev–Trinajstić information content (AvgIpc) is 3.16. The quantitative estimate of drug-likeness (QED) is 0.883. The van der Waals surface area contributed by atoms with Crippen molar-refractivity contribution in [3.05, 3.63) is 34.6 Å². The molecule has 1 unspecified atom stereocenters. The van der Waals surface area contributed by atoms with Crippen molar-refractivity contribution in [2.75, 3.05) is 6.61 Å². The normalized spacial score (nSPS) is 18.2. The fourth-order valence-electron chi connectivity index (χ4n) is 1.96. The molecule has 0 aromatic heterocycles. The summed E-state index contributed by atoms with van der Waals surface area (Å²) in [6.45, 7) is 1.67. The number of nitrogens with one attached hydrogen (secondary N) is 1. The zero-order valence-corrected chi connectivity index (χ0v) is 10.8. The molecular formula is C13H15ClFNO2. The van der Waals surface area contributed by atoms with Gasteiger partial charge in [0.25, 0.3) is 5.91 Å². The molecule has 0 spiro atoms. The number of amides is 1. The number of hydrogen-bond acceptors (Lipinski definition) is 2. The number of halogens is 2. The molecule has 1 fully saturated rings. The number of hydrogen-bond donors (Lipinski definition) is 2. The molecule has 98 valence electrons. The summed E-state index contributed by atoms with van der Waals surface area (Å²) < 4.78 is 13.3. The van der Waals surface area contributed by atoms with Crippen molar-refractivity contribution in [2.24, 2.45) is 5.92 Å². The van der Waals surface area contributed by atoms with Crippen LogP contribution in [0.15, 0.2) is 18.2 Å². The molecule has 2 rings (SSSR count). The first-order valence-corrected chi connectivity index (χ1v) is 6.22. The van der Waals surface area contributed by atoms with E-state index in [1.54, 1.807) is 6.92 Å². The van der Waals surface area contributed by atoms with Gasteiger partial charge in [-0.1, -0.05) is 11.6 Å². The zero-order valence-electron chi connectivity index (χ0n) is 10.0. The smallest absolute Gasteiger partial charge is 0.251 e. The molecule has 1 aliphatic rings. The van der Waals surface area contributed by atoms with Gasteiger partial charge in [0, 0.05) is 5.56 Å².